The van der Waals surface area contributed by atoms with Crippen LogP contribution in [0, 0.1) is 5.82 Å². The normalized spacial score (nSPS) is 17.2. The predicted octanol–water partition coefficient (Wildman–Crippen LogP) is 3.50. The minimum absolute atomic E-state index is 0.0282. The number of likely N-dealkylation sites (N-methyl/N-ethyl adjacent to an activating group) is 1. The molecule has 0 amide bonds. The summed E-state index contributed by atoms with van der Waals surface area (Å²) in [5.41, 5.74) is 0.423. The van der Waals surface area contributed by atoms with Gasteiger partial charge in [-0.15, -0.1) is 0 Å². The molecule has 1 aliphatic rings. The Kier molecular flexibility index (Phi) is 5.22. The van der Waals surface area contributed by atoms with Crippen LogP contribution in [0.5, 0.6) is 0 Å². The summed E-state index contributed by atoms with van der Waals surface area (Å²) in [6.07, 6.45) is -2.66. The average Bonchev–Trinajstić information content (AvgIpc) is 3.20. The zero-order valence-corrected chi connectivity index (χ0v) is 12.0. The van der Waals surface area contributed by atoms with E-state index in [0.717, 1.165) is 12.8 Å². The Labute approximate surface area is 122 Å². The van der Waals surface area contributed by atoms with Crippen LogP contribution in [0.1, 0.15) is 31.4 Å². The Morgan fingerprint density at radius 1 is 1.29 bits per heavy atom. The molecule has 1 aliphatic carbocycles. The van der Waals surface area contributed by atoms with E-state index in [0.29, 0.717) is 12.1 Å². The van der Waals surface area contributed by atoms with Gasteiger partial charge >= 0.3 is 6.18 Å². The lowest BCUT2D eigenvalue weighted by Crippen LogP contribution is -2.42. The summed E-state index contributed by atoms with van der Waals surface area (Å²) < 4.78 is 51.9. The van der Waals surface area contributed by atoms with Gasteiger partial charge in [0.1, 0.15) is 5.82 Å². The van der Waals surface area contributed by atoms with E-state index in [4.69, 9.17) is 0 Å². The van der Waals surface area contributed by atoms with Crippen LogP contribution in [0.25, 0.3) is 0 Å². The maximum absolute atomic E-state index is 13.9. The van der Waals surface area contributed by atoms with Crippen molar-refractivity contribution in [1.29, 1.82) is 0 Å². The number of nitrogens with one attached hydrogen (secondary N) is 1. The molecule has 6 heteroatoms. The smallest absolute Gasteiger partial charge is 0.309 e. The van der Waals surface area contributed by atoms with Crippen LogP contribution in [-0.4, -0.2) is 36.8 Å². The third-order valence-corrected chi connectivity index (χ3v) is 3.59. The molecule has 2 nitrogen and oxygen atoms in total. The van der Waals surface area contributed by atoms with Gasteiger partial charge in [-0.3, -0.25) is 4.90 Å². The number of benzene rings is 1. The molecule has 1 N–H and O–H groups in total. The first-order chi connectivity index (χ1) is 9.90. The average molecular weight is 304 g/mol. The molecular formula is C15H20F4N2. The van der Waals surface area contributed by atoms with Gasteiger partial charge in [-0.2, -0.15) is 13.2 Å². The van der Waals surface area contributed by atoms with Gasteiger partial charge in [-0.1, -0.05) is 25.1 Å². The predicted molar refractivity (Wildman–Crippen MR) is 73.5 cm³/mol. The molecule has 2 rings (SSSR count). The van der Waals surface area contributed by atoms with Gasteiger partial charge in [0.05, 0.1) is 6.54 Å². The Morgan fingerprint density at radius 3 is 2.48 bits per heavy atom. The van der Waals surface area contributed by atoms with Crippen LogP contribution < -0.4 is 5.32 Å². The minimum atomic E-state index is -4.23. The molecule has 1 aromatic carbocycles. The molecule has 1 fully saturated rings. The molecule has 0 aliphatic heterocycles. The van der Waals surface area contributed by atoms with Crippen molar-refractivity contribution in [2.24, 2.45) is 0 Å². The standard InChI is InChI=1S/C15H20F4N2/c1-2-20-14(12-5-3-4-6-13(12)16)9-21(11-7-8-11)10-15(17,18)19/h3-6,11,14,20H,2,7-10H2,1H3. The highest BCUT2D eigenvalue weighted by Gasteiger charge is 2.39. The van der Waals surface area contributed by atoms with E-state index in [1.165, 1.54) is 11.0 Å². The van der Waals surface area contributed by atoms with E-state index in [2.05, 4.69) is 5.32 Å². The summed E-state index contributed by atoms with van der Waals surface area (Å²) in [5, 5.41) is 3.09. The second kappa shape index (κ2) is 6.75. The summed E-state index contributed by atoms with van der Waals surface area (Å²) in [5.74, 6) is -0.383. The SMILES string of the molecule is CCNC(CN(CC(F)(F)F)C1CC1)c1ccccc1F. The molecule has 21 heavy (non-hydrogen) atoms. The molecule has 1 saturated carbocycles. The van der Waals surface area contributed by atoms with Crippen molar-refractivity contribution in [1.82, 2.24) is 10.2 Å². The van der Waals surface area contributed by atoms with Crippen LogP contribution in [0.2, 0.25) is 0 Å². The first kappa shape index (κ1) is 16.2. The van der Waals surface area contributed by atoms with Crippen molar-refractivity contribution in [3.63, 3.8) is 0 Å². The van der Waals surface area contributed by atoms with Crippen LogP contribution in [0.15, 0.2) is 24.3 Å². The fourth-order valence-electron chi connectivity index (χ4n) is 2.52. The molecule has 0 aromatic heterocycles. The van der Waals surface area contributed by atoms with E-state index in [9.17, 15) is 17.6 Å². The first-order valence-electron chi connectivity index (χ1n) is 7.19. The zero-order valence-electron chi connectivity index (χ0n) is 12.0. The molecule has 1 atom stereocenters. The maximum Gasteiger partial charge on any atom is 0.401 e. The Balaban J connectivity index is 2.12. The van der Waals surface area contributed by atoms with E-state index in [1.807, 2.05) is 6.92 Å². The van der Waals surface area contributed by atoms with Gasteiger partial charge in [0.15, 0.2) is 0 Å². The van der Waals surface area contributed by atoms with E-state index in [1.54, 1.807) is 18.2 Å². The van der Waals surface area contributed by atoms with E-state index in [-0.39, 0.29) is 18.4 Å². The van der Waals surface area contributed by atoms with E-state index >= 15 is 0 Å². The summed E-state index contributed by atoms with van der Waals surface area (Å²) >= 11 is 0. The lowest BCUT2D eigenvalue weighted by Gasteiger charge is -2.29. The molecule has 0 radical (unpaired) electrons. The minimum Gasteiger partial charge on any atom is -0.309 e. The monoisotopic (exact) mass is 304 g/mol. The summed E-state index contributed by atoms with van der Waals surface area (Å²) in [6.45, 7) is 1.66. The third-order valence-electron chi connectivity index (χ3n) is 3.59. The zero-order chi connectivity index (χ0) is 15.5. The van der Waals surface area contributed by atoms with Crippen molar-refractivity contribution in [2.45, 2.75) is 38.0 Å². The second-order valence-electron chi connectivity index (χ2n) is 5.41. The Bertz CT molecular complexity index is 457. The van der Waals surface area contributed by atoms with E-state index < -0.39 is 18.8 Å². The number of hydrogen-bond acceptors (Lipinski definition) is 2. The largest absolute Gasteiger partial charge is 0.401 e. The number of rotatable bonds is 7. The molecule has 1 aromatic rings. The molecule has 0 saturated heterocycles. The molecule has 1 unspecified atom stereocenters. The summed E-state index contributed by atoms with van der Waals surface area (Å²) in [7, 11) is 0. The highest BCUT2D eigenvalue weighted by atomic mass is 19.4. The van der Waals surface area contributed by atoms with Gasteiger partial charge in [-0.25, -0.2) is 4.39 Å². The Hall–Kier alpha value is -1.14. The highest BCUT2D eigenvalue weighted by molar-refractivity contribution is 5.21. The topological polar surface area (TPSA) is 15.3 Å². The third kappa shape index (κ3) is 4.97. The molecule has 0 bridgehead atoms. The second-order valence-corrected chi connectivity index (χ2v) is 5.41. The fraction of sp³-hybridized carbons (Fsp3) is 0.600. The van der Waals surface area contributed by atoms with Gasteiger partial charge in [0.2, 0.25) is 0 Å². The number of alkyl halides is 3. The van der Waals surface area contributed by atoms with Crippen molar-refractivity contribution in [3.05, 3.63) is 35.6 Å². The molecular weight excluding hydrogens is 284 g/mol. The fourth-order valence-corrected chi connectivity index (χ4v) is 2.52. The highest BCUT2D eigenvalue weighted by Crippen LogP contribution is 2.32. The number of nitrogens with zero attached hydrogens (tertiary/aromatic N) is 1. The van der Waals surface area contributed by atoms with Gasteiger partial charge in [-0.05, 0) is 25.5 Å². The van der Waals surface area contributed by atoms with Crippen molar-refractivity contribution >= 4 is 0 Å². The van der Waals surface area contributed by atoms with Crippen LogP contribution in [0.3, 0.4) is 0 Å². The quantitative estimate of drug-likeness (QED) is 0.776. The van der Waals surface area contributed by atoms with Crippen molar-refractivity contribution in [2.75, 3.05) is 19.6 Å². The van der Waals surface area contributed by atoms with Gasteiger partial charge in [0.25, 0.3) is 0 Å². The van der Waals surface area contributed by atoms with Gasteiger partial charge in [0, 0.05) is 24.2 Å². The van der Waals surface area contributed by atoms with Crippen molar-refractivity contribution < 1.29 is 17.6 Å². The van der Waals surface area contributed by atoms with Crippen LogP contribution in [-0.2, 0) is 0 Å². The first-order valence-corrected chi connectivity index (χ1v) is 7.19. The maximum atomic E-state index is 13.9. The summed E-state index contributed by atoms with van der Waals surface area (Å²) in [6, 6.07) is 5.79. The van der Waals surface area contributed by atoms with Crippen LogP contribution >= 0.6 is 0 Å². The van der Waals surface area contributed by atoms with Crippen LogP contribution in [0.4, 0.5) is 17.6 Å². The molecule has 0 spiro atoms. The number of hydrogen-bond donors (Lipinski definition) is 1. The summed E-state index contributed by atoms with van der Waals surface area (Å²) in [4.78, 5) is 1.42. The molecule has 118 valence electrons. The number of halogens is 4. The van der Waals surface area contributed by atoms with Gasteiger partial charge < -0.3 is 5.32 Å². The lowest BCUT2D eigenvalue weighted by atomic mass is 10.1. The molecule has 0 heterocycles. The van der Waals surface area contributed by atoms with Crippen molar-refractivity contribution in [3.8, 4) is 0 Å². The Morgan fingerprint density at radius 2 is 1.95 bits per heavy atom. The lowest BCUT2D eigenvalue weighted by molar-refractivity contribution is -0.147.